The summed E-state index contributed by atoms with van der Waals surface area (Å²) in [5, 5.41) is 8.91. The lowest BCUT2D eigenvalue weighted by atomic mass is 9.92. The van der Waals surface area contributed by atoms with Gasteiger partial charge in [0.2, 0.25) is 0 Å². The molecule has 1 fully saturated rings. The van der Waals surface area contributed by atoms with E-state index in [1.165, 1.54) is 0 Å². The first-order valence-electron chi connectivity index (χ1n) is 10.3. The van der Waals surface area contributed by atoms with Crippen LogP contribution in [0.4, 0.5) is 0 Å². The van der Waals surface area contributed by atoms with Gasteiger partial charge in [-0.15, -0.1) is 0 Å². The Morgan fingerprint density at radius 2 is 2.00 bits per heavy atom. The molecular formula is C21H35N5O3. The van der Waals surface area contributed by atoms with E-state index in [0.717, 1.165) is 49.5 Å². The van der Waals surface area contributed by atoms with Gasteiger partial charge in [-0.05, 0) is 37.3 Å². The van der Waals surface area contributed by atoms with Crippen LogP contribution in [-0.2, 0) is 17.8 Å². The number of likely N-dealkylation sites (tertiary alicyclic amines) is 1. The minimum atomic E-state index is 0.0777. The maximum absolute atomic E-state index is 8.91. The van der Waals surface area contributed by atoms with Crippen molar-refractivity contribution in [3.8, 4) is 5.75 Å². The van der Waals surface area contributed by atoms with E-state index in [-0.39, 0.29) is 18.1 Å². The third-order valence-electron chi connectivity index (χ3n) is 4.97. The fourth-order valence-electron chi connectivity index (χ4n) is 3.44. The molecule has 1 aliphatic heterocycles. The molecule has 1 aromatic heterocycles. The molecule has 0 bridgehead atoms. The number of likely N-dealkylation sites (N-methyl/N-ethyl adjacent to an activating group) is 1. The minimum absolute atomic E-state index is 0.0777. The maximum atomic E-state index is 8.91. The molecule has 8 heteroatoms. The van der Waals surface area contributed by atoms with Crippen LogP contribution >= 0.6 is 0 Å². The van der Waals surface area contributed by atoms with Gasteiger partial charge < -0.3 is 19.4 Å². The van der Waals surface area contributed by atoms with Crippen molar-refractivity contribution in [3.05, 3.63) is 24.0 Å². The number of benzene rings is 1. The van der Waals surface area contributed by atoms with Gasteiger partial charge in [-0.25, -0.2) is 4.98 Å². The van der Waals surface area contributed by atoms with Crippen molar-refractivity contribution >= 4 is 11.0 Å². The summed E-state index contributed by atoms with van der Waals surface area (Å²) in [5.74, 6) is 1.78. The zero-order chi connectivity index (χ0) is 21.0. The summed E-state index contributed by atoms with van der Waals surface area (Å²) in [6.45, 7) is 11.0. The smallest absolute Gasteiger partial charge is 0.152 e. The van der Waals surface area contributed by atoms with Gasteiger partial charge in [0.15, 0.2) is 5.75 Å². The van der Waals surface area contributed by atoms with E-state index in [2.05, 4.69) is 60.9 Å². The fraction of sp³-hybridized carbons (Fsp3) is 0.667. The quantitative estimate of drug-likeness (QED) is 0.583. The van der Waals surface area contributed by atoms with E-state index in [0.29, 0.717) is 12.3 Å². The van der Waals surface area contributed by atoms with Crippen LogP contribution in [0.15, 0.2) is 18.2 Å². The van der Waals surface area contributed by atoms with Crippen molar-refractivity contribution in [1.29, 1.82) is 0 Å². The average molecular weight is 406 g/mol. The lowest BCUT2D eigenvalue weighted by Gasteiger charge is -2.37. The molecule has 2 aromatic rings. The van der Waals surface area contributed by atoms with Gasteiger partial charge in [0.25, 0.3) is 0 Å². The number of β-amino-alcohol motifs (C(OH)–C–C–N with tert-alkyl or cyclic N) is 1. The summed E-state index contributed by atoms with van der Waals surface area (Å²) in [4.78, 5) is 20.3. The van der Waals surface area contributed by atoms with Crippen LogP contribution in [0.5, 0.6) is 5.75 Å². The Balaban J connectivity index is 1.65. The third kappa shape index (κ3) is 6.13. The molecule has 0 spiro atoms. The minimum Gasteiger partial charge on any atom is -0.395 e. The van der Waals surface area contributed by atoms with E-state index in [1.54, 1.807) is 0 Å². The lowest BCUT2D eigenvalue weighted by Crippen LogP contribution is -2.54. The van der Waals surface area contributed by atoms with Gasteiger partial charge >= 0.3 is 0 Å². The van der Waals surface area contributed by atoms with Crippen LogP contribution in [0.1, 0.15) is 26.6 Å². The average Bonchev–Trinajstić information content (AvgIpc) is 2.92. The van der Waals surface area contributed by atoms with Crippen LogP contribution < -0.4 is 10.5 Å². The number of fused-ring (bicyclic) bond motifs is 1. The topological polar surface area (TPSA) is 75.0 Å². The molecule has 1 aromatic carbocycles. The Morgan fingerprint density at radius 3 is 2.66 bits per heavy atom. The SMILES string of the molecule is CN(C)CCn1c(CC(C)(C)C)nc2cc(ONOC3CN(CCO)C3)ccc21. The van der Waals surface area contributed by atoms with Crippen molar-refractivity contribution in [2.24, 2.45) is 5.41 Å². The van der Waals surface area contributed by atoms with E-state index in [9.17, 15) is 0 Å². The molecule has 0 unspecified atom stereocenters. The summed E-state index contributed by atoms with van der Waals surface area (Å²) >= 11 is 0. The number of imidazole rings is 1. The van der Waals surface area contributed by atoms with E-state index in [4.69, 9.17) is 19.8 Å². The standard InChI is InChI=1S/C21H35N5O3/c1-21(2,3)13-20-22-18-12-16(6-7-19(18)26(20)9-8-24(4)5)28-23-29-17-14-25(15-17)10-11-27/h6-7,12,17,23,27H,8-11,13-15H2,1-5H3. The normalized spacial score (nSPS) is 16.0. The molecule has 2 N–H and O–H groups in total. The first-order chi connectivity index (χ1) is 13.7. The Kier molecular flexibility index (Phi) is 7.13. The highest BCUT2D eigenvalue weighted by Gasteiger charge is 2.27. The monoisotopic (exact) mass is 405 g/mol. The molecule has 0 atom stereocenters. The van der Waals surface area contributed by atoms with Gasteiger partial charge in [0.05, 0.1) is 17.6 Å². The van der Waals surface area contributed by atoms with Gasteiger partial charge in [-0.3, -0.25) is 9.74 Å². The van der Waals surface area contributed by atoms with Gasteiger partial charge in [-0.2, -0.15) is 0 Å². The number of nitrogens with one attached hydrogen (secondary N) is 1. The molecule has 0 radical (unpaired) electrons. The second-order valence-corrected chi connectivity index (χ2v) is 9.28. The summed E-state index contributed by atoms with van der Waals surface area (Å²) in [7, 11) is 4.18. The van der Waals surface area contributed by atoms with Gasteiger partial charge in [-0.1, -0.05) is 20.8 Å². The van der Waals surface area contributed by atoms with Crippen LogP contribution in [-0.4, -0.2) is 77.4 Å². The Bertz CT molecular complexity index is 793. The summed E-state index contributed by atoms with van der Waals surface area (Å²) in [5.41, 5.74) is 4.82. The highest BCUT2D eigenvalue weighted by Crippen LogP contribution is 2.26. The fourth-order valence-corrected chi connectivity index (χ4v) is 3.44. The number of hydrogen-bond acceptors (Lipinski definition) is 7. The second-order valence-electron chi connectivity index (χ2n) is 9.28. The first kappa shape index (κ1) is 22.0. The molecule has 162 valence electrons. The molecule has 2 heterocycles. The Hall–Kier alpha value is -1.71. The number of hydrogen-bond donors (Lipinski definition) is 2. The number of rotatable bonds is 10. The lowest BCUT2D eigenvalue weighted by molar-refractivity contribution is -0.183. The summed E-state index contributed by atoms with van der Waals surface area (Å²) in [6, 6.07) is 5.95. The third-order valence-corrected chi connectivity index (χ3v) is 4.97. The predicted octanol–water partition coefficient (Wildman–Crippen LogP) is 1.68. The molecule has 0 saturated carbocycles. The van der Waals surface area contributed by atoms with Crippen LogP contribution in [0.3, 0.4) is 0 Å². The maximum Gasteiger partial charge on any atom is 0.152 e. The van der Waals surface area contributed by atoms with Crippen molar-refractivity contribution in [1.82, 2.24) is 25.0 Å². The first-order valence-corrected chi connectivity index (χ1v) is 10.3. The molecule has 8 nitrogen and oxygen atoms in total. The second kappa shape index (κ2) is 9.40. The Labute approximate surface area is 173 Å². The predicted molar refractivity (Wildman–Crippen MR) is 114 cm³/mol. The van der Waals surface area contributed by atoms with Gasteiger partial charge in [0, 0.05) is 45.2 Å². The van der Waals surface area contributed by atoms with Crippen molar-refractivity contribution in [2.45, 2.75) is 39.8 Å². The number of aromatic nitrogens is 2. The molecular weight excluding hydrogens is 370 g/mol. The molecule has 0 amide bonds. The zero-order valence-corrected chi connectivity index (χ0v) is 18.3. The van der Waals surface area contributed by atoms with Crippen molar-refractivity contribution < 1.29 is 14.8 Å². The molecule has 0 aliphatic carbocycles. The zero-order valence-electron chi connectivity index (χ0n) is 18.3. The van der Waals surface area contributed by atoms with Crippen molar-refractivity contribution in [2.75, 3.05) is 46.9 Å². The largest absolute Gasteiger partial charge is 0.395 e. The summed E-state index contributed by atoms with van der Waals surface area (Å²) in [6.07, 6.45) is 0.993. The van der Waals surface area contributed by atoms with Crippen molar-refractivity contribution in [3.63, 3.8) is 0 Å². The van der Waals surface area contributed by atoms with E-state index >= 15 is 0 Å². The molecule has 1 aliphatic rings. The molecule has 3 rings (SSSR count). The van der Waals surface area contributed by atoms with E-state index < -0.39 is 0 Å². The van der Waals surface area contributed by atoms with Gasteiger partial charge in [0.1, 0.15) is 11.9 Å². The van der Waals surface area contributed by atoms with Crippen LogP contribution in [0.2, 0.25) is 0 Å². The highest BCUT2D eigenvalue weighted by molar-refractivity contribution is 5.77. The Morgan fingerprint density at radius 1 is 1.24 bits per heavy atom. The number of aliphatic hydroxyl groups is 1. The highest BCUT2D eigenvalue weighted by atomic mass is 16.9. The van der Waals surface area contributed by atoms with Crippen LogP contribution in [0, 0.1) is 5.41 Å². The molecule has 29 heavy (non-hydrogen) atoms. The van der Waals surface area contributed by atoms with E-state index in [1.807, 2.05) is 12.1 Å². The van der Waals surface area contributed by atoms with Crippen LogP contribution in [0.25, 0.3) is 11.0 Å². The summed E-state index contributed by atoms with van der Waals surface area (Å²) < 4.78 is 2.32. The number of nitrogens with zero attached hydrogens (tertiary/aromatic N) is 4. The molecule has 1 saturated heterocycles. The number of aliphatic hydroxyl groups excluding tert-OH is 1.